The molecule has 0 atom stereocenters. The summed E-state index contributed by atoms with van der Waals surface area (Å²) in [6.07, 6.45) is 1.88. The summed E-state index contributed by atoms with van der Waals surface area (Å²) in [6, 6.07) is 0. The van der Waals surface area contributed by atoms with Crippen LogP contribution < -0.4 is 5.73 Å². The minimum atomic E-state index is 0.600. The van der Waals surface area contributed by atoms with Crippen molar-refractivity contribution >= 4 is 0 Å². The molecule has 1 aliphatic rings. The van der Waals surface area contributed by atoms with Crippen LogP contribution in [-0.2, 0) is 19.6 Å². The zero-order valence-electron chi connectivity index (χ0n) is 7.32. The van der Waals surface area contributed by atoms with Gasteiger partial charge < -0.3 is 5.73 Å². The molecule has 0 radical (unpaired) electrons. The summed E-state index contributed by atoms with van der Waals surface area (Å²) in [4.78, 5) is 2.29. The Labute approximate surface area is 72.0 Å². The third-order valence-electron chi connectivity index (χ3n) is 2.37. The fraction of sp³-hybridized carbons (Fsp3) is 0.625. The summed E-state index contributed by atoms with van der Waals surface area (Å²) >= 11 is 0. The average molecular weight is 166 g/mol. The van der Waals surface area contributed by atoms with Crippen LogP contribution in [0.4, 0.5) is 0 Å². The minimum Gasteiger partial charge on any atom is -0.326 e. The molecule has 0 fully saturated rings. The van der Waals surface area contributed by atoms with Crippen molar-refractivity contribution in [3.63, 3.8) is 0 Å². The molecule has 0 saturated heterocycles. The summed E-state index contributed by atoms with van der Waals surface area (Å²) < 4.78 is 2.06. The van der Waals surface area contributed by atoms with Gasteiger partial charge in [0.15, 0.2) is 0 Å². The van der Waals surface area contributed by atoms with Crippen LogP contribution in [0.2, 0.25) is 0 Å². The van der Waals surface area contributed by atoms with Crippen molar-refractivity contribution in [2.45, 2.75) is 19.6 Å². The van der Waals surface area contributed by atoms with E-state index in [2.05, 4.69) is 21.7 Å². The van der Waals surface area contributed by atoms with Gasteiger partial charge in [0, 0.05) is 25.2 Å². The predicted octanol–water partition coefficient (Wildman–Crippen LogP) is -0.213. The highest BCUT2D eigenvalue weighted by Crippen LogP contribution is 2.14. The van der Waals surface area contributed by atoms with Crippen molar-refractivity contribution in [1.82, 2.24) is 14.7 Å². The second-order valence-electron chi connectivity index (χ2n) is 3.28. The number of hydrogen-bond donors (Lipinski definition) is 1. The molecular weight excluding hydrogens is 152 g/mol. The first kappa shape index (κ1) is 7.76. The molecule has 0 unspecified atom stereocenters. The normalized spacial score (nSPS) is 17.8. The van der Waals surface area contributed by atoms with Crippen molar-refractivity contribution in [3.8, 4) is 0 Å². The molecule has 1 aliphatic heterocycles. The summed E-state index contributed by atoms with van der Waals surface area (Å²) in [6.45, 7) is 3.65. The number of nitrogens with zero attached hydrogens (tertiary/aromatic N) is 3. The molecule has 4 nitrogen and oxygen atoms in total. The quantitative estimate of drug-likeness (QED) is 0.628. The highest BCUT2D eigenvalue weighted by molar-refractivity contribution is 5.18. The Hall–Kier alpha value is -0.870. The number of likely N-dealkylation sites (N-methyl/N-ethyl adjacent to an activating group) is 1. The summed E-state index contributed by atoms with van der Waals surface area (Å²) in [5.74, 6) is 0. The molecule has 0 saturated carbocycles. The van der Waals surface area contributed by atoms with Gasteiger partial charge in [0.2, 0.25) is 0 Å². The third kappa shape index (κ3) is 1.13. The number of fused-ring (bicyclic) bond motifs is 1. The highest BCUT2D eigenvalue weighted by atomic mass is 15.3. The van der Waals surface area contributed by atoms with Gasteiger partial charge in [-0.3, -0.25) is 9.58 Å². The number of rotatable bonds is 1. The maximum atomic E-state index is 5.59. The first-order chi connectivity index (χ1) is 5.81. The van der Waals surface area contributed by atoms with E-state index in [1.165, 1.54) is 11.3 Å². The summed E-state index contributed by atoms with van der Waals surface area (Å²) in [5.41, 5.74) is 8.06. The van der Waals surface area contributed by atoms with Crippen molar-refractivity contribution in [1.29, 1.82) is 0 Å². The van der Waals surface area contributed by atoms with E-state index in [4.69, 9.17) is 5.73 Å². The van der Waals surface area contributed by atoms with Crippen LogP contribution in [0.15, 0.2) is 6.20 Å². The van der Waals surface area contributed by atoms with Gasteiger partial charge in [0.05, 0.1) is 18.4 Å². The zero-order chi connectivity index (χ0) is 8.55. The molecule has 0 amide bonds. The minimum absolute atomic E-state index is 0.600. The molecule has 2 N–H and O–H groups in total. The molecule has 0 aromatic carbocycles. The van der Waals surface area contributed by atoms with Gasteiger partial charge in [-0.05, 0) is 7.05 Å². The van der Waals surface area contributed by atoms with Gasteiger partial charge in [-0.25, -0.2) is 0 Å². The number of aromatic nitrogens is 2. The van der Waals surface area contributed by atoms with Crippen LogP contribution in [-0.4, -0.2) is 28.3 Å². The van der Waals surface area contributed by atoms with Crippen molar-refractivity contribution in [2.75, 3.05) is 13.6 Å². The second-order valence-corrected chi connectivity index (χ2v) is 3.28. The lowest BCUT2D eigenvalue weighted by atomic mass is 10.2. The van der Waals surface area contributed by atoms with Gasteiger partial charge in [0.25, 0.3) is 0 Å². The Morgan fingerprint density at radius 2 is 2.42 bits per heavy atom. The molecular formula is C8H14N4. The van der Waals surface area contributed by atoms with Gasteiger partial charge in [-0.15, -0.1) is 0 Å². The van der Waals surface area contributed by atoms with E-state index in [1.807, 2.05) is 6.20 Å². The monoisotopic (exact) mass is 166 g/mol. The SMILES string of the molecule is CN1CCn2ncc(CN)c2C1. The molecule has 2 heterocycles. The smallest absolute Gasteiger partial charge is 0.0569 e. The van der Waals surface area contributed by atoms with E-state index in [9.17, 15) is 0 Å². The van der Waals surface area contributed by atoms with E-state index in [0.717, 1.165) is 19.6 Å². The lowest BCUT2D eigenvalue weighted by Gasteiger charge is -2.24. The van der Waals surface area contributed by atoms with E-state index < -0.39 is 0 Å². The largest absolute Gasteiger partial charge is 0.326 e. The average Bonchev–Trinajstić information content (AvgIpc) is 2.46. The summed E-state index contributed by atoms with van der Waals surface area (Å²) in [5, 5.41) is 4.27. The maximum Gasteiger partial charge on any atom is 0.0569 e. The molecule has 66 valence electrons. The molecule has 0 aliphatic carbocycles. The van der Waals surface area contributed by atoms with E-state index in [-0.39, 0.29) is 0 Å². The first-order valence-corrected chi connectivity index (χ1v) is 4.23. The summed E-state index contributed by atoms with van der Waals surface area (Å²) in [7, 11) is 2.12. The Balaban J connectivity index is 2.34. The standard InChI is InChI=1S/C8H14N4/c1-11-2-3-12-8(6-11)7(4-9)5-10-12/h5H,2-4,6,9H2,1H3. The molecule has 12 heavy (non-hydrogen) atoms. The van der Waals surface area contributed by atoms with Gasteiger partial charge in [0.1, 0.15) is 0 Å². The van der Waals surface area contributed by atoms with E-state index in [1.54, 1.807) is 0 Å². The number of nitrogens with two attached hydrogens (primary N) is 1. The zero-order valence-corrected chi connectivity index (χ0v) is 7.32. The van der Waals surface area contributed by atoms with Crippen molar-refractivity contribution in [2.24, 2.45) is 5.73 Å². The van der Waals surface area contributed by atoms with Crippen LogP contribution in [0.5, 0.6) is 0 Å². The Kier molecular flexibility index (Phi) is 1.86. The Bertz CT molecular complexity index is 265. The van der Waals surface area contributed by atoms with Crippen LogP contribution in [0, 0.1) is 0 Å². The van der Waals surface area contributed by atoms with Crippen LogP contribution >= 0.6 is 0 Å². The lowest BCUT2D eigenvalue weighted by Crippen LogP contribution is -2.31. The maximum absolute atomic E-state index is 5.59. The van der Waals surface area contributed by atoms with E-state index in [0.29, 0.717) is 6.54 Å². The fourth-order valence-electron chi connectivity index (χ4n) is 1.60. The molecule has 2 rings (SSSR count). The van der Waals surface area contributed by atoms with Crippen LogP contribution in [0.3, 0.4) is 0 Å². The van der Waals surface area contributed by atoms with Crippen molar-refractivity contribution < 1.29 is 0 Å². The molecule has 0 spiro atoms. The molecule has 4 heteroatoms. The highest BCUT2D eigenvalue weighted by Gasteiger charge is 2.16. The Morgan fingerprint density at radius 3 is 3.17 bits per heavy atom. The van der Waals surface area contributed by atoms with Crippen molar-refractivity contribution in [3.05, 3.63) is 17.5 Å². The van der Waals surface area contributed by atoms with Gasteiger partial charge in [-0.2, -0.15) is 5.10 Å². The molecule has 0 bridgehead atoms. The number of hydrogen-bond acceptors (Lipinski definition) is 3. The first-order valence-electron chi connectivity index (χ1n) is 4.23. The van der Waals surface area contributed by atoms with Gasteiger partial charge in [-0.1, -0.05) is 0 Å². The topological polar surface area (TPSA) is 47.1 Å². The predicted molar refractivity (Wildman–Crippen MR) is 46.5 cm³/mol. The third-order valence-corrected chi connectivity index (χ3v) is 2.37. The van der Waals surface area contributed by atoms with Crippen LogP contribution in [0.1, 0.15) is 11.3 Å². The lowest BCUT2D eigenvalue weighted by molar-refractivity contribution is 0.258. The molecule has 1 aromatic heterocycles. The van der Waals surface area contributed by atoms with Gasteiger partial charge >= 0.3 is 0 Å². The molecule has 1 aromatic rings. The van der Waals surface area contributed by atoms with E-state index >= 15 is 0 Å². The Morgan fingerprint density at radius 1 is 1.58 bits per heavy atom. The fourth-order valence-corrected chi connectivity index (χ4v) is 1.60. The van der Waals surface area contributed by atoms with Crippen LogP contribution in [0.25, 0.3) is 0 Å². The second kappa shape index (κ2) is 2.88.